The molecular formula is C23H25F4N3O4. The van der Waals surface area contributed by atoms with Crippen molar-refractivity contribution in [3.63, 3.8) is 0 Å². The number of halogens is 4. The molecule has 0 aromatic heterocycles. The molecule has 2 aromatic rings. The van der Waals surface area contributed by atoms with Gasteiger partial charge in [0.15, 0.2) is 0 Å². The van der Waals surface area contributed by atoms with Crippen LogP contribution < -0.4 is 14.8 Å². The summed E-state index contributed by atoms with van der Waals surface area (Å²) in [7, 11) is 0. The van der Waals surface area contributed by atoms with Crippen molar-refractivity contribution >= 4 is 11.8 Å². The summed E-state index contributed by atoms with van der Waals surface area (Å²) in [5.74, 6) is -0.663. The van der Waals surface area contributed by atoms with Crippen molar-refractivity contribution in [2.45, 2.75) is 19.6 Å². The van der Waals surface area contributed by atoms with Gasteiger partial charge in [0.25, 0.3) is 5.91 Å². The Bertz CT molecular complexity index is 951. The summed E-state index contributed by atoms with van der Waals surface area (Å²) < 4.78 is 58.3. The Hall–Kier alpha value is -3.34. The predicted molar refractivity (Wildman–Crippen MR) is 115 cm³/mol. The summed E-state index contributed by atoms with van der Waals surface area (Å²) in [4.78, 5) is 28.4. The smallest absolute Gasteiger partial charge is 0.387 e. The topological polar surface area (TPSA) is 71.1 Å². The molecule has 0 unspecified atom stereocenters. The lowest BCUT2D eigenvalue weighted by Crippen LogP contribution is -2.51. The van der Waals surface area contributed by atoms with Gasteiger partial charge in [-0.05, 0) is 36.2 Å². The van der Waals surface area contributed by atoms with Crippen LogP contribution in [0, 0.1) is 0 Å². The van der Waals surface area contributed by atoms with Gasteiger partial charge in [0.1, 0.15) is 11.5 Å². The van der Waals surface area contributed by atoms with Gasteiger partial charge in [-0.25, -0.2) is 0 Å². The molecule has 2 aromatic carbocycles. The Balaban J connectivity index is 1.39. The van der Waals surface area contributed by atoms with E-state index in [1.165, 1.54) is 30.3 Å². The van der Waals surface area contributed by atoms with Gasteiger partial charge in [-0.1, -0.05) is 24.3 Å². The average Bonchev–Trinajstić information content (AvgIpc) is 2.80. The summed E-state index contributed by atoms with van der Waals surface area (Å²) in [6.07, 6.45) is 0.531. The Morgan fingerprint density at radius 1 is 0.882 bits per heavy atom. The molecule has 0 radical (unpaired) electrons. The van der Waals surface area contributed by atoms with Gasteiger partial charge in [0.05, 0.1) is 12.1 Å². The highest BCUT2D eigenvalue weighted by Crippen LogP contribution is 2.22. The quantitative estimate of drug-likeness (QED) is 0.527. The van der Waals surface area contributed by atoms with E-state index in [1.54, 1.807) is 23.1 Å². The van der Waals surface area contributed by atoms with E-state index in [0.29, 0.717) is 39.1 Å². The van der Waals surface area contributed by atoms with Gasteiger partial charge in [-0.3, -0.25) is 14.5 Å². The highest BCUT2D eigenvalue weighted by atomic mass is 19.3. The van der Waals surface area contributed by atoms with Crippen LogP contribution in [0.4, 0.5) is 17.6 Å². The highest BCUT2D eigenvalue weighted by Gasteiger charge is 2.25. The first-order chi connectivity index (χ1) is 16.3. The molecule has 0 bridgehead atoms. The first-order valence-electron chi connectivity index (χ1n) is 10.7. The van der Waals surface area contributed by atoms with Crippen molar-refractivity contribution in [3.05, 3.63) is 59.7 Å². The summed E-state index contributed by atoms with van der Waals surface area (Å²) in [6.45, 7) is -3.74. The number of benzene rings is 2. The maximum Gasteiger partial charge on any atom is 0.387 e. The van der Waals surface area contributed by atoms with Crippen LogP contribution in [0.2, 0.25) is 0 Å². The van der Waals surface area contributed by atoms with E-state index in [4.69, 9.17) is 0 Å². The summed E-state index contributed by atoms with van der Waals surface area (Å²) >= 11 is 0. The Morgan fingerprint density at radius 3 is 2.18 bits per heavy atom. The minimum atomic E-state index is -3.02. The second kappa shape index (κ2) is 12.2. The Morgan fingerprint density at radius 2 is 1.53 bits per heavy atom. The number of carbonyl (C=O) groups is 2. The van der Waals surface area contributed by atoms with E-state index in [9.17, 15) is 27.2 Å². The molecule has 1 aliphatic heterocycles. The number of hydrogen-bond donors (Lipinski definition) is 1. The number of piperazine rings is 1. The molecule has 1 fully saturated rings. The van der Waals surface area contributed by atoms with Crippen LogP contribution in [0.1, 0.15) is 15.9 Å². The molecule has 1 heterocycles. The van der Waals surface area contributed by atoms with Crippen molar-refractivity contribution in [2.75, 3.05) is 39.3 Å². The molecular weight excluding hydrogens is 458 g/mol. The second-order valence-electron chi connectivity index (χ2n) is 7.57. The molecule has 0 atom stereocenters. The molecule has 1 N–H and O–H groups in total. The van der Waals surface area contributed by atoms with Crippen LogP contribution in [-0.2, 0) is 11.2 Å². The molecule has 0 aliphatic carbocycles. The minimum Gasteiger partial charge on any atom is -0.435 e. The van der Waals surface area contributed by atoms with E-state index in [0.717, 1.165) is 5.56 Å². The molecule has 0 saturated carbocycles. The number of hydrogen-bond acceptors (Lipinski definition) is 5. The summed E-state index contributed by atoms with van der Waals surface area (Å²) in [5.41, 5.74) is 0.938. The molecule has 1 saturated heterocycles. The van der Waals surface area contributed by atoms with Crippen LogP contribution in [0.15, 0.2) is 48.5 Å². The van der Waals surface area contributed by atoms with E-state index >= 15 is 0 Å². The first-order valence-corrected chi connectivity index (χ1v) is 10.7. The molecule has 34 heavy (non-hydrogen) atoms. The highest BCUT2D eigenvalue weighted by molar-refractivity contribution is 5.97. The van der Waals surface area contributed by atoms with Crippen LogP contribution in [0.3, 0.4) is 0 Å². The third-order valence-corrected chi connectivity index (χ3v) is 5.24. The van der Waals surface area contributed by atoms with Gasteiger partial charge < -0.3 is 19.7 Å². The van der Waals surface area contributed by atoms with Gasteiger partial charge in [-0.2, -0.15) is 17.6 Å². The molecule has 3 rings (SSSR count). The Labute approximate surface area is 194 Å². The number of ether oxygens (including phenoxy) is 2. The largest absolute Gasteiger partial charge is 0.435 e. The zero-order valence-electron chi connectivity index (χ0n) is 18.3. The maximum atomic E-state index is 12.7. The van der Waals surface area contributed by atoms with Crippen molar-refractivity contribution in [3.8, 4) is 11.5 Å². The number of nitrogens with one attached hydrogen (secondary N) is 1. The van der Waals surface area contributed by atoms with Crippen molar-refractivity contribution in [2.24, 2.45) is 0 Å². The third-order valence-electron chi connectivity index (χ3n) is 5.24. The van der Waals surface area contributed by atoms with Gasteiger partial charge in [-0.15, -0.1) is 0 Å². The van der Waals surface area contributed by atoms with Crippen molar-refractivity contribution < 1.29 is 36.6 Å². The van der Waals surface area contributed by atoms with Crippen molar-refractivity contribution in [1.29, 1.82) is 0 Å². The summed E-state index contributed by atoms with van der Waals surface area (Å²) in [5, 5.41) is 2.81. The molecule has 184 valence electrons. The Kier molecular flexibility index (Phi) is 9.08. The monoisotopic (exact) mass is 483 g/mol. The fraction of sp³-hybridized carbons (Fsp3) is 0.391. The van der Waals surface area contributed by atoms with Crippen LogP contribution in [0.25, 0.3) is 0 Å². The van der Waals surface area contributed by atoms with Gasteiger partial charge in [0.2, 0.25) is 5.91 Å². The van der Waals surface area contributed by atoms with Crippen molar-refractivity contribution in [1.82, 2.24) is 15.1 Å². The number of carbonyl (C=O) groups excluding carboxylic acids is 2. The van der Waals surface area contributed by atoms with E-state index in [2.05, 4.69) is 14.8 Å². The number of nitrogens with zero attached hydrogens (tertiary/aromatic N) is 2. The fourth-order valence-corrected chi connectivity index (χ4v) is 3.56. The number of rotatable bonds is 10. The molecule has 7 nitrogen and oxygen atoms in total. The lowest BCUT2D eigenvalue weighted by atomic mass is 10.1. The molecule has 11 heteroatoms. The number of para-hydroxylation sites is 1. The van der Waals surface area contributed by atoms with Crippen LogP contribution >= 0.6 is 0 Å². The molecule has 0 spiro atoms. The van der Waals surface area contributed by atoms with Crippen LogP contribution in [0.5, 0.6) is 11.5 Å². The number of alkyl halides is 4. The average molecular weight is 483 g/mol. The standard InChI is InChI=1S/C23H25F4N3O4/c24-22(25)33-17-7-5-16(6-8-17)9-10-28-20(31)15-29-11-13-30(14-12-29)21(32)18-3-1-2-4-19(18)34-23(26)27/h1-8,22-23H,9-15H2,(H,28,31). The maximum absolute atomic E-state index is 12.7. The lowest BCUT2D eigenvalue weighted by molar-refractivity contribution is -0.122. The zero-order valence-corrected chi connectivity index (χ0v) is 18.3. The normalized spacial score (nSPS) is 14.4. The SMILES string of the molecule is O=C(CN1CCN(C(=O)c2ccccc2OC(F)F)CC1)NCCc1ccc(OC(F)F)cc1. The first kappa shape index (κ1) is 25.3. The third kappa shape index (κ3) is 7.62. The summed E-state index contributed by atoms with van der Waals surface area (Å²) in [6, 6.07) is 12.1. The molecule has 2 amide bonds. The minimum absolute atomic E-state index is 0.0720. The zero-order chi connectivity index (χ0) is 24.5. The van der Waals surface area contributed by atoms with Crippen LogP contribution in [-0.4, -0.2) is 74.1 Å². The molecule has 1 aliphatic rings. The lowest BCUT2D eigenvalue weighted by Gasteiger charge is -2.34. The fourth-order valence-electron chi connectivity index (χ4n) is 3.56. The van der Waals surface area contributed by atoms with E-state index in [-0.39, 0.29) is 29.5 Å². The number of amides is 2. The second-order valence-corrected chi connectivity index (χ2v) is 7.57. The predicted octanol–water partition coefficient (Wildman–Crippen LogP) is 3.01. The van der Waals surface area contributed by atoms with E-state index in [1.807, 2.05) is 4.90 Å². The van der Waals surface area contributed by atoms with E-state index < -0.39 is 19.1 Å². The van der Waals surface area contributed by atoms with Gasteiger partial charge in [0, 0.05) is 32.7 Å². The van der Waals surface area contributed by atoms with Gasteiger partial charge >= 0.3 is 13.2 Å².